The molecule has 0 fully saturated rings. The van der Waals surface area contributed by atoms with E-state index in [4.69, 9.17) is 5.11 Å². The van der Waals surface area contributed by atoms with Crippen molar-refractivity contribution >= 4 is 47.1 Å². The topological polar surface area (TPSA) is 119 Å². The second kappa shape index (κ2) is 20.3. The molecule has 3 N–H and O–H groups in total. The molecule has 0 aliphatic heterocycles. The third-order valence-corrected chi connectivity index (χ3v) is 10.8. The van der Waals surface area contributed by atoms with E-state index in [2.05, 4.69) is 60.3 Å². The summed E-state index contributed by atoms with van der Waals surface area (Å²) < 4.78 is 0. The first-order chi connectivity index (χ1) is 27.6. The molecule has 0 aromatic heterocycles. The summed E-state index contributed by atoms with van der Waals surface area (Å²) in [4.78, 5) is 52.1. The summed E-state index contributed by atoms with van der Waals surface area (Å²) in [5.41, 5.74) is 10.2. The number of allylic oxidation sites excluding steroid dienone is 1. The largest absolute Gasteiger partial charge is 0.478 e. The van der Waals surface area contributed by atoms with Crippen molar-refractivity contribution in [2.75, 3.05) is 36.0 Å². The van der Waals surface area contributed by atoms with Crippen molar-refractivity contribution in [1.29, 1.82) is 0 Å². The number of carbonyl (C=O) groups excluding carboxylic acids is 3. The first-order valence-electron chi connectivity index (χ1n) is 20.3. The van der Waals surface area contributed by atoms with Gasteiger partial charge in [0.05, 0.1) is 12.1 Å². The highest BCUT2D eigenvalue weighted by atomic mass is 16.4. The first kappa shape index (κ1) is 42.2. The molecule has 0 spiro atoms. The monoisotopic (exact) mass is 768 g/mol. The number of amides is 2. The van der Waals surface area contributed by atoms with Gasteiger partial charge in [-0.15, -0.1) is 0 Å². The third-order valence-electron chi connectivity index (χ3n) is 10.8. The Morgan fingerprint density at radius 1 is 0.596 bits per heavy atom. The number of nitrogens with one attached hydrogen (secondary N) is 2. The number of fused-ring (bicyclic) bond motifs is 2. The van der Waals surface area contributed by atoms with Crippen LogP contribution in [0.15, 0.2) is 97.1 Å². The number of carboxylic acid groups (broad SMARTS) is 1. The predicted octanol–water partition coefficient (Wildman–Crippen LogP) is 8.99. The van der Waals surface area contributed by atoms with Gasteiger partial charge in [0, 0.05) is 61.2 Å². The lowest BCUT2D eigenvalue weighted by atomic mass is 10.0. The number of ketones is 1. The summed E-state index contributed by atoms with van der Waals surface area (Å²) in [6.07, 6.45) is 10.3. The zero-order valence-electron chi connectivity index (χ0n) is 33.9. The molecule has 2 amide bonds. The molecular weight excluding hydrogens is 713 g/mol. The van der Waals surface area contributed by atoms with Crippen LogP contribution in [0, 0.1) is 0 Å². The Hall–Kier alpha value is -5.96. The number of rotatable bonds is 15. The van der Waals surface area contributed by atoms with Crippen molar-refractivity contribution in [1.82, 2.24) is 10.6 Å². The van der Waals surface area contributed by atoms with Gasteiger partial charge in [-0.1, -0.05) is 49.4 Å². The van der Waals surface area contributed by atoms with Crippen LogP contribution in [0.2, 0.25) is 0 Å². The molecule has 0 saturated carbocycles. The van der Waals surface area contributed by atoms with Crippen LogP contribution in [0.25, 0.3) is 12.2 Å². The maximum absolute atomic E-state index is 12.7. The molecule has 2 unspecified atom stereocenters. The second-order valence-corrected chi connectivity index (χ2v) is 14.3. The summed E-state index contributed by atoms with van der Waals surface area (Å²) in [6, 6.07) is 27.7. The summed E-state index contributed by atoms with van der Waals surface area (Å²) in [5, 5.41) is 15.1. The summed E-state index contributed by atoms with van der Waals surface area (Å²) in [5.74, 6) is -0.939. The Balaban J connectivity index is 0.000000218. The normalized spacial score (nSPS) is 15.4. The van der Waals surface area contributed by atoms with Crippen LogP contribution in [0.1, 0.15) is 120 Å². The third kappa shape index (κ3) is 11.1. The van der Waals surface area contributed by atoms with Crippen molar-refractivity contribution in [2.45, 2.75) is 78.8 Å². The number of carboxylic acids is 1. The molecule has 0 heterocycles. The Morgan fingerprint density at radius 3 is 1.37 bits per heavy atom. The lowest BCUT2D eigenvalue weighted by Crippen LogP contribution is -2.27. The van der Waals surface area contributed by atoms with E-state index >= 15 is 0 Å². The first-order valence-corrected chi connectivity index (χ1v) is 20.3. The molecule has 2 aliphatic rings. The molecule has 9 heteroatoms. The highest BCUT2D eigenvalue weighted by molar-refractivity contribution is 5.96. The second-order valence-electron chi connectivity index (χ2n) is 14.3. The van der Waals surface area contributed by atoms with Gasteiger partial charge < -0.3 is 25.5 Å². The number of anilines is 2. The van der Waals surface area contributed by atoms with Gasteiger partial charge in [0.15, 0.2) is 5.78 Å². The van der Waals surface area contributed by atoms with Crippen molar-refractivity contribution in [3.05, 3.63) is 142 Å². The van der Waals surface area contributed by atoms with Crippen LogP contribution in [0.4, 0.5) is 11.4 Å². The van der Waals surface area contributed by atoms with E-state index < -0.39 is 5.97 Å². The van der Waals surface area contributed by atoms with Gasteiger partial charge in [0.25, 0.3) is 11.8 Å². The molecule has 0 radical (unpaired) electrons. The zero-order valence-corrected chi connectivity index (χ0v) is 33.9. The van der Waals surface area contributed by atoms with E-state index in [1.54, 1.807) is 12.2 Å². The number of benzene rings is 4. The molecule has 4 aromatic rings. The lowest BCUT2D eigenvalue weighted by molar-refractivity contribution is -0.131. The minimum absolute atomic E-state index is 0.0116. The highest BCUT2D eigenvalue weighted by Crippen LogP contribution is 2.34. The molecule has 6 rings (SSSR count). The number of aryl methyl sites for hydroxylation is 2. The van der Waals surface area contributed by atoms with Crippen molar-refractivity contribution in [3.63, 3.8) is 0 Å². The van der Waals surface area contributed by atoms with Crippen LogP contribution >= 0.6 is 0 Å². The van der Waals surface area contributed by atoms with Crippen molar-refractivity contribution in [2.24, 2.45) is 0 Å². The van der Waals surface area contributed by atoms with Gasteiger partial charge in [0.2, 0.25) is 0 Å². The number of nitrogens with zero attached hydrogens (tertiary/aromatic N) is 2. The SMILES string of the molecule is CCC(=O)/C=C/c1ccc2c(c1)CCC2NC(=O)c1ccc(N(CC)CC)cc1.CCN(CC)c1ccc(C(=O)NC2CCc3cc(/C=C/C(=O)O)ccc32)cc1. The average molecular weight is 769 g/mol. The van der Waals surface area contributed by atoms with Gasteiger partial charge in [-0.2, -0.15) is 0 Å². The molecule has 0 saturated heterocycles. The number of hydrogen-bond donors (Lipinski definition) is 3. The Kier molecular flexibility index (Phi) is 15.0. The quantitative estimate of drug-likeness (QED) is 0.103. The fourth-order valence-electron chi connectivity index (χ4n) is 7.56. The molecule has 2 aliphatic carbocycles. The number of carbonyl (C=O) groups is 4. The van der Waals surface area contributed by atoms with Crippen LogP contribution in [-0.4, -0.2) is 54.9 Å². The Labute approximate surface area is 337 Å². The lowest BCUT2D eigenvalue weighted by Gasteiger charge is -2.21. The molecular formula is C48H56N4O5. The Morgan fingerprint density at radius 2 is 1.00 bits per heavy atom. The van der Waals surface area contributed by atoms with E-state index in [-0.39, 0.29) is 29.7 Å². The van der Waals surface area contributed by atoms with Gasteiger partial charge >= 0.3 is 5.97 Å². The van der Waals surface area contributed by atoms with Gasteiger partial charge in [-0.05, 0) is 147 Å². The molecule has 0 bridgehead atoms. The summed E-state index contributed by atoms with van der Waals surface area (Å²) in [6.45, 7) is 14.1. The zero-order chi connectivity index (χ0) is 40.9. The fourth-order valence-corrected chi connectivity index (χ4v) is 7.56. The van der Waals surface area contributed by atoms with E-state index in [1.165, 1.54) is 11.1 Å². The minimum atomic E-state index is -0.961. The van der Waals surface area contributed by atoms with Crippen molar-refractivity contribution in [3.8, 4) is 0 Å². The maximum Gasteiger partial charge on any atom is 0.328 e. The standard InChI is InChI=1S/C25H30N2O2.C23H26N2O3/c1-4-22(28)14-7-18-8-15-23-20(17-18)11-16-24(23)26-25(29)19-9-12-21(13-10-19)27(5-2)6-3;1-3-25(4-2)19-10-7-17(8-11-19)23(28)24-21-13-9-18-15-16(5-12-20(18)21)6-14-22(26)27/h7-10,12-15,17,24H,4-6,11,16H2,1-3H3,(H,26,29);5-8,10-12,14-15,21H,3-4,9,13H2,1-2H3,(H,24,28)(H,26,27)/b14-7+;14-6+. The summed E-state index contributed by atoms with van der Waals surface area (Å²) >= 11 is 0. The van der Waals surface area contributed by atoms with Crippen LogP contribution in [0.3, 0.4) is 0 Å². The molecule has 57 heavy (non-hydrogen) atoms. The van der Waals surface area contributed by atoms with Gasteiger partial charge in [0.1, 0.15) is 0 Å². The van der Waals surface area contributed by atoms with E-state index in [9.17, 15) is 19.2 Å². The highest BCUT2D eigenvalue weighted by Gasteiger charge is 2.26. The van der Waals surface area contributed by atoms with E-state index in [0.29, 0.717) is 17.5 Å². The summed E-state index contributed by atoms with van der Waals surface area (Å²) in [7, 11) is 0. The maximum atomic E-state index is 12.7. The van der Waals surface area contributed by atoms with E-state index in [0.717, 1.165) is 91.6 Å². The van der Waals surface area contributed by atoms with Crippen molar-refractivity contribution < 1.29 is 24.3 Å². The predicted molar refractivity (Wildman–Crippen MR) is 231 cm³/mol. The van der Waals surface area contributed by atoms with Gasteiger partial charge in [-0.3, -0.25) is 14.4 Å². The van der Waals surface area contributed by atoms with Gasteiger partial charge in [-0.25, -0.2) is 4.79 Å². The molecule has 4 aromatic carbocycles. The molecule has 9 nitrogen and oxygen atoms in total. The van der Waals surface area contributed by atoms with Crippen LogP contribution < -0.4 is 20.4 Å². The average Bonchev–Trinajstić information content (AvgIpc) is 3.83. The smallest absolute Gasteiger partial charge is 0.328 e. The fraction of sp³-hybridized carbons (Fsp3) is 0.333. The van der Waals surface area contributed by atoms with E-state index in [1.807, 2.05) is 85.8 Å². The van der Waals surface area contributed by atoms with Crippen LogP contribution in [0.5, 0.6) is 0 Å². The number of aliphatic carboxylic acids is 1. The number of hydrogen-bond acceptors (Lipinski definition) is 6. The van der Waals surface area contributed by atoms with Crippen LogP contribution in [-0.2, 0) is 22.4 Å². The molecule has 2 atom stereocenters. The minimum Gasteiger partial charge on any atom is -0.478 e. The Bertz CT molecular complexity index is 2080. The molecule has 298 valence electrons.